The lowest BCUT2D eigenvalue weighted by Gasteiger charge is -2.14. The third kappa shape index (κ3) is 3.62. The van der Waals surface area contributed by atoms with Crippen molar-refractivity contribution in [1.82, 2.24) is 4.98 Å². The van der Waals surface area contributed by atoms with Gasteiger partial charge in [0.05, 0.1) is 12.5 Å². The summed E-state index contributed by atoms with van der Waals surface area (Å²) in [5, 5.41) is 8.81. The van der Waals surface area contributed by atoms with Gasteiger partial charge in [-0.25, -0.2) is 0 Å². The molecule has 4 nitrogen and oxygen atoms in total. The van der Waals surface area contributed by atoms with Crippen molar-refractivity contribution >= 4 is 5.97 Å². The number of nitrogens with zero attached hydrogens (tertiary/aromatic N) is 1. The molecular formula is C12H17NO3. The Kier molecular flexibility index (Phi) is 5.50. The van der Waals surface area contributed by atoms with Crippen LogP contribution in [0.4, 0.5) is 0 Å². The minimum Gasteiger partial charge on any atom is -0.466 e. The molecule has 0 amide bonds. The molecule has 0 saturated heterocycles. The van der Waals surface area contributed by atoms with Crippen LogP contribution in [0.1, 0.15) is 31.2 Å². The highest BCUT2D eigenvalue weighted by Crippen LogP contribution is 2.21. The minimum atomic E-state index is -0.319. The maximum atomic E-state index is 11.7. The first-order chi connectivity index (χ1) is 7.79. The largest absolute Gasteiger partial charge is 0.466 e. The van der Waals surface area contributed by atoms with E-state index in [2.05, 4.69) is 4.98 Å². The van der Waals surface area contributed by atoms with Crippen LogP contribution in [0.3, 0.4) is 0 Å². The van der Waals surface area contributed by atoms with Gasteiger partial charge in [-0.15, -0.1) is 0 Å². The molecule has 0 bridgehead atoms. The molecule has 16 heavy (non-hydrogen) atoms. The van der Waals surface area contributed by atoms with E-state index < -0.39 is 0 Å². The van der Waals surface area contributed by atoms with Gasteiger partial charge in [-0.2, -0.15) is 0 Å². The number of hydrogen-bond donors (Lipinski definition) is 1. The lowest BCUT2D eigenvalue weighted by Crippen LogP contribution is -2.16. The molecule has 0 radical (unpaired) electrons. The standard InChI is InChI=1S/C12H17NO3/c1-2-16-12(15)11(6-4-8-14)10-5-3-7-13-9-10/h3,5,7,9,11,14H,2,4,6,8H2,1H3. The van der Waals surface area contributed by atoms with Crippen molar-refractivity contribution in [3.63, 3.8) is 0 Å². The highest BCUT2D eigenvalue weighted by Gasteiger charge is 2.21. The summed E-state index contributed by atoms with van der Waals surface area (Å²) in [6.07, 6.45) is 4.50. The summed E-state index contributed by atoms with van der Waals surface area (Å²) in [7, 11) is 0. The number of aromatic nitrogens is 1. The Hall–Kier alpha value is -1.42. The highest BCUT2D eigenvalue weighted by atomic mass is 16.5. The Morgan fingerprint density at radius 3 is 3.00 bits per heavy atom. The summed E-state index contributed by atoms with van der Waals surface area (Å²) in [6, 6.07) is 3.65. The van der Waals surface area contributed by atoms with Crippen molar-refractivity contribution in [2.45, 2.75) is 25.7 Å². The Labute approximate surface area is 95.3 Å². The van der Waals surface area contributed by atoms with Crippen LogP contribution in [0.2, 0.25) is 0 Å². The topological polar surface area (TPSA) is 59.4 Å². The van der Waals surface area contributed by atoms with E-state index in [0.29, 0.717) is 19.4 Å². The van der Waals surface area contributed by atoms with Crippen LogP contribution in [0.15, 0.2) is 24.5 Å². The predicted molar refractivity (Wildman–Crippen MR) is 59.9 cm³/mol. The number of carbonyl (C=O) groups is 1. The molecule has 1 rings (SSSR count). The highest BCUT2D eigenvalue weighted by molar-refractivity contribution is 5.77. The van der Waals surface area contributed by atoms with Gasteiger partial charge in [-0.1, -0.05) is 6.07 Å². The van der Waals surface area contributed by atoms with Gasteiger partial charge in [0.15, 0.2) is 0 Å². The van der Waals surface area contributed by atoms with Gasteiger partial charge in [-0.05, 0) is 31.4 Å². The molecule has 1 atom stereocenters. The first kappa shape index (κ1) is 12.6. The molecule has 4 heteroatoms. The van der Waals surface area contributed by atoms with Crippen LogP contribution in [0, 0.1) is 0 Å². The molecular weight excluding hydrogens is 206 g/mol. The van der Waals surface area contributed by atoms with Gasteiger partial charge in [0, 0.05) is 19.0 Å². The lowest BCUT2D eigenvalue weighted by molar-refractivity contribution is -0.145. The zero-order valence-corrected chi connectivity index (χ0v) is 9.43. The van der Waals surface area contributed by atoms with Crippen LogP contribution in [0.5, 0.6) is 0 Å². The summed E-state index contributed by atoms with van der Waals surface area (Å²) in [6.45, 7) is 2.23. The van der Waals surface area contributed by atoms with Crippen molar-refractivity contribution in [3.8, 4) is 0 Å². The van der Waals surface area contributed by atoms with E-state index in [0.717, 1.165) is 5.56 Å². The van der Waals surface area contributed by atoms with E-state index in [4.69, 9.17) is 9.84 Å². The van der Waals surface area contributed by atoms with Crippen LogP contribution in [0.25, 0.3) is 0 Å². The van der Waals surface area contributed by atoms with Crippen molar-refractivity contribution < 1.29 is 14.6 Å². The molecule has 1 aromatic heterocycles. The van der Waals surface area contributed by atoms with Gasteiger partial charge in [0.1, 0.15) is 0 Å². The van der Waals surface area contributed by atoms with Gasteiger partial charge >= 0.3 is 5.97 Å². The van der Waals surface area contributed by atoms with E-state index in [1.54, 1.807) is 25.4 Å². The number of esters is 1. The van der Waals surface area contributed by atoms with Crippen LogP contribution in [-0.2, 0) is 9.53 Å². The molecule has 0 saturated carbocycles. The van der Waals surface area contributed by atoms with Crippen molar-refractivity contribution in [3.05, 3.63) is 30.1 Å². The van der Waals surface area contributed by atoms with E-state index in [1.165, 1.54) is 0 Å². The summed E-state index contributed by atoms with van der Waals surface area (Å²) < 4.78 is 5.01. The number of rotatable bonds is 6. The van der Waals surface area contributed by atoms with E-state index in [1.807, 2.05) is 6.07 Å². The first-order valence-corrected chi connectivity index (χ1v) is 5.47. The van der Waals surface area contributed by atoms with Crippen LogP contribution >= 0.6 is 0 Å². The molecule has 0 aliphatic heterocycles. The van der Waals surface area contributed by atoms with E-state index in [9.17, 15) is 4.79 Å². The molecule has 0 aromatic carbocycles. The molecule has 1 N–H and O–H groups in total. The molecule has 0 aliphatic rings. The van der Waals surface area contributed by atoms with Gasteiger partial charge in [0.25, 0.3) is 0 Å². The molecule has 0 aliphatic carbocycles. The number of hydrogen-bond acceptors (Lipinski definition) is 4. The fraction of sp³-hybridized carbons (Fsp3) is 0.500. The summed E-state index contributed by atoms with van der Waals surface area (Å²) >= 11 is 0. The van der Waals surface area contributed by atoms with E-state index in [-0.39, 0.29) is 18.5 Å². The van der Waals surface area contributed by atoms with Crippen molar-refractivity contribution in [2.75, 3.05) is 13.2 Å². The number of carbonyl (C=O) groups excluding carboxylic acids is 1. The maximum Gasteiger partial charge on any atom is 0.313 e. The average Bonchev–Trinajstić information content (AvgIpc) is 2.31. The fourth-order valence-corrected chi connectivity index (χ4v) is 1.54. The number of aliphatic hydroxyl groups is 1. The van der Waals surface area contributed by atoms with Gasteiger partial charge in [0.2, 0.25) is 0 Å². The Bertz CT molecular complexity index is 313. The second kappa shape index (κ2) is 6.95. The zero-order chi connectivity index (χ0) is 11.8. The Morgan fingerprint density at radius 1 is 1.62 bits per heavy atom. The summed E-state index contributed by atoms with van der Waals surface area (Å²) in [5.41, 5.74) is 0.842. The van der Waals surface area contributed by atoms with Crippen molar-refractivity contribution in [2.24, 2.45) is 0 Å². The first-order valence-electron chi connectivity index (χ1n) is 5.47. The van der Waals surface area contributed by atoms with Gasteiger partial charge in [-0.3, -0.25) is 9.78 Å². The second-order valence-corrected chi connectivity index (χ2v) is 3.46. The normalized spacial score (nSPS) is 12.1. The fourth-order valence-electron chi connectivity index (χ4n) is 1.54. The Morgan fingerprint density at radius 2 is 2.44 bits per heavy atom. The summed E-state index contributed by atoms with van der Waals surface area (Å²) in [5.74, 6) is -0.565. The number of aliphatic hydroxyl groups excluding tert-OH is 1. The molecule has 88 valence electrons. The quantitative estimate of drug-likeness (QED) is 0.742. The molecule has 1 heterocycles. The zero-order valence-electron chi connectivity index (χ0n) is 9.43. The van der Waals surface area contributed by atoms with Crippen LogP contribution in [-0.4, -0.2) is 29.3 Å². The van der Waals surface area contributed by atoms with Gasteiger partial charge < -0.3 is 9.84 Å². The van der Waals surface area contributed by atoms with Crippen molar-refractivity contribution in [1.29, 1.82) is 0 Å². The third-order valence-electron chi connectivity index (χ3n) is 2.31. The maximum absolute atomic E-state index is 11.7. The molecule has 1 unspecified atom stereocenters. The molecule has 0 fully saturated rings. The monoisotopic (exact) mass is 223 g/mol. The average molecular weight is 223 g/mol. The predicted octanol–water partition coefficient (Wildman–Crippen LogP) is 1.50. The second-order valence-electron chi connectivity index (χ2n) is 3.46. The third-order valence-corrected chi connectivity index (χ3v) is 2.31. The smallest absolute Gasteiger partial charge is 0.313 e. The summed E-state index contributed by atoms with van der Waals surface area (Å²) in [4.78, 5) is 15.7. The SMILES string of the molecule is CCOC(=O)C(CCCO)c1cccnc1. The number of pyridine rings is 1. The number of ether oxygens (including phenoxy) is 1. The molecule has 1 aromatic rings. The lowest BCUT2D eigenvalue weighted by atomic mass is 9.96. The van der Waals surface area contributed by atoms with Crippen LogP contribution < -0.4 is 0 Å². The van der Waals surface area contributed by atoms with E-state index >= 15 is 0 Å². The minimum absolute atomic E-state index is 0.0795. The molecule has 0 spiro atoms. The Balaban J connectivity index is 2.74.